The van der Waals surface area contributed by atoms with Crippen LogP contribution < -0.4 is 11.5 Å². The number of hydrogen-bond acceptors (Lipinski definition) is 5. The Hall–Kier alpha value is -2.84. The number of phenols is 1. The van der Waals surface area contributed by atoms with Gasteiger partial charge in [0.05, 0.1) is 29.1 Å². The molecule has 0 spiro atoms. The maximum Gasteiger partial charge on any atom is 0.416 e. The van der Waals surface area contributed by atoms with Crippen LogP contribution in [0.3, 0.4) is 0 Å². The van der Waals surface area contributed by atoms with Crippen LogP contribution in [-0.2, 0) is 6.18 Å². The van der Waals surface area contributed by atoms with Gasteiger partial charge in [-0.05, 0) is 31.2 Å². The van der Waals surface area contributed by atoms with Gasteiger partial charge in [-0.15, -0.1) is 0 Å². The number of aromatic hydroxyl groups is 1. The van der Waals surface area contributed by atoms with E-state index in [1.807, 2.05) is 13.8 Å². The number of nitrogens with two attached hydrogens (primary N) is 2. The minimum absolute atomic E-state index is 0.0194. The number of nitrogens with zero attached hydrogens (tertiary/aromatic N) is 2. The number of alkyl halides is 3. The molecule has 1 aliphatic heterocycles. The summed E-state index contributed by atoms with van der Waals surface area (Å²) in [7, 11) is 0. The van der Waals surface area contributed by atoms with E-state index < -0.39 is 28.9 Å². The standard InChI is InChI=1S/C15H14F4N4O.C2H6/c1-7(20)4-10-14(22-3-2-12(21)23-10)13-9(16)5-8(6-11(13)24)15(17,18)19;1-2/h2,4-6,24H,3,20-21H2,1H3;1-2H3/b7-4-;. The van der Waals surface area contributed by atoms with Gasteiger partial charge >= 0.3 is 6.18 Å². The summed E-state index contributed by atoms with van der Waals surface area (Å²) in [6.45, 7) is 5.55. The molecule has 9 heteroatoms. The van der Waals surface area contributed by atoms with Gasteiger partial charge in [0, 0.05) is 5.70 Å². The Morgan fingerprint density at radius 3 is 2.38 bits per heavy atom. The molecule has 5 nitrogen and oxygen atoms in total. The van der Waals surface area contributed by atoms with Crippen molar-refractivity contribution in [3.63, 3.8) is 0 Å². The monoisotopic (exact) mass is 372 g/mol. The van der Waals surface area contributed by atoms with Crippen molar-refractivity contribution in [3.05, 3.63) is 52.7 Å². The zero-order chi connectivity index (χ0) is 20.1. The molecule has 1 aromatic rings. The van der Waals surface area contributed by atoms with E-state index in [9.17, 15) is 22.7 Å². The summed E-state index contributed by atoms with van der Waals surface area (Å²) in [6.07, 6.45) is -2.02. The van der Waals surface area contributed by atoms with E-state index in [0.29, 0.717) is 11.8 Å². The zero-order valence-electron chi connectivity index (χ0n) is 14.5. The van der Waals surface area contributed by atoms with Crippen LogP contribution in [0, 0.1) is 5.82 Å². The Bertz CT molecular complexity index is 765. The largest absolute Gasteiger partial charge is 0.507 e. The van der Waals surface area contributed by atoms with E-state index in [4.69, 9.17) is 11.5 Å². The number of aliphatic imine (C=N–C) groups is 2. The topological polar surface area (TPSA) is 97.0 Å². The lowest BCUT2D eigenvalue weighted by Crippen LogP contribution is -2.18. The molecule has 142 valence electrons. The molecular weight excluding hydrogens is 352 g/mol. The molecule has 0 saturated carbocycles. The van der Waals surface area contributed by atoms with Crippen molar-refractivity contribution in [2.45, 2.75) is 26.9 Å². The number of rotatable bonds is 2. The Morgan fingerprint density at radius 1 is 1.27 bits per heavy atom. The van der Waals surface area contributed by atoms with Crippen LogP contribution in [0.1, 0.15) is 31.9 Å². The predicted molar refractivity (Wildman–Crippen MR) is 93.5 cm³/mol. The molecule has 26 heavy (non-hydrogen) atoms. The fourth-order valence-corrected chi connectivity index (χ4v) is 2.06. The van der Waals surface area contributed by atoms with Crippen molar-refractivity contribution in [1.82, 2.24) is 0 Å². The third kappa shape index (κ3) is 5.08. The first-order valence-corrected chi connectivity index (χ1v) is 7.72. The van der Waals surface area contributed by atoms with Crippen molar-refractivity contribution in [2.24, 2.45) is 21.5 Å². The van der Waals surface area contributed by atoms with Gasteiger partial charge in [-0.25, -0.2) is 9.38 Å². The molecule has 0 unspecified atom stereocenters. The van der Waals surface area contributed by atoms with Crippen molar-refractivity contribution >= 4 is 11.4 Å². The molecule has 1 aliphatic rings. The lowest BCUT2D eigenvalue weighted by atomic mass is 10.0. The Balaban J connectivity index is 0.00000163. The maximum absolute atomic E-state index is 14.3. The second kappa shape index (κ2) is 8.50. The summed E-state index contributed by atoms with van der Waals surface area (Å²) >= 11 is 0. The Kier molecular flexibility index (Phi) is 6.93. The second-order valence-corrected chi connectivity index (χ2v) is 5.05. The van der Waals surface area contributed by atoms with Crippen LogP contribution in [0.15, 0.2) is 45.8 Å². The van der Waals surface area contributed by atoms with Crippen LogP contribution in [0.2, 0.25) is 0 Å². The highest BCUT2D eigenvalue weighted by molar-refractivity contribution is 6.52. The lowest BCUT2D eigenvalue weighted by Gasteiger charge is -2.13. The first-order chi connectivity index (χ1) is 12.1. The van der Waals surface area contributed by atoms with Gasteiger partial charge in [0.15, 0.2) is 0 Å². The molecule has 0 aromatic heterocycles. The van der Waals surface area contributed by atoms with Crippen molar-refractivity contribution in [1.29, 1.82) is 0 Å². The number of phenolic OH excluding ortho intramolecular Hbond substituents is 1. The summed E-state index contributed by atoms with van der Waals surface area (Å²) in [5.41, 5.74) is 9.59. The minimum atomic E-state index is -4.79. The highest BCUT2D eigenvalue weighted by Gasteiger charge is 2.33. The normalized spacial score (nSPS) is 15.2. The molecular formula is C17H20F4N4O. The number of hydrogen-bond donors (Lipinski definition) is 3. The van der Waals surface area contributed by atoms with Crippen LogP contribution >= 0.6 is 0 Å². The molecule has 0 aliphatic carbocycles. The summed E-state index contributed by atoms with van der Waals surface area (Å²) in [6, 6.07) is 0.717. The number of halogens is 4. The number of benzene rings is 1. The van der Waals surface area contributed by atoms with Crippen LogP contribution in [0.25, 0.3) is 0 Å². The lowest BCUT2D eigenvalue weighted by molar-refractivity contribution is -0.137. The SMILES string of the molecule is C/C(N)=C/C1=NC(N)=CCN=C1c1c(O)cc(C(F)(F)F)cc1F.CC. The second-order valence-electron chi connectivity index (χ2n) is 5.05. The van der Waals surface area contributed by atoms with Crippen molar-refractivity contribution in [2.75, 3.05) is 6.54 Å². The molecule has 5 N–H and O–H groups in total. The van der Waals surface area contributed by atoms with E-state index in [1.165, 1.54) is 19.1 Å². The average Bonchev–Trinajstić information content (AvgIpc) is 2.69. The highest BCUT2D eigenvalue weighted by atomic mass is 19.4. The summed E-state index contributed by atoms with van der Waals surface area (Å²) in [5, 5.41) is 9.92. The third-order valence-corrected chi connectivity index (χ3v) is 3.04. The van der Waals surface area contributed by atoms with Crippen molar-refractivity contribution < 1.29 is 22.7 Å². The summed E-state index contributed by atoms with van der Waals surface area (Å²) in [4.78, 5) is 8.04. The predicted octanol–water partition coefficient (Wildman–Crippen LogP) is 3.48. The van der Waals surface area contributed by atoms with Gasteiger partial charge in [0.2, 0.25) is 0 Å². The van der Waals surface area contributed by atoms with E-state index in [-0.39, 0.29) is 29.9 Å². The van der Waals surface area contributed by atoms with Gasteiger partial charge in [-0.2, -0.15) is 13.2 Å². The van der Waals surface area contributed by atoms with E-state index in [2.05, 4.69) is 9.98 Å². The minimum Gasteiger partial charge on any atom is -0.507 e. The number of allylic oxidation sites excluding steroid dienone is 2. The average molecular weight is 372 g/mol. The van der Waals surface area contributed by atoms with Gasteiger partial charge in [-0.3, -0.25) is 4.99 Å². The first kappa shape index (κ1) is 21.2. The third-order valence-electron chi connectivity index (χ3n) is 3.04. The van der Waals surface area contributed by atoms with E-state index in [1.54, 1.807) is 0 Å². The molecule has 1 aromatic carbocycles. The zero-order valence-corrected chi connectivity index (χ0v) is 14.5. The van der Waals surface area contributed by atoms with Crippen LogP contribution in [-0.4, -0.2) is 23.1 Å². The van der Waals surface area contributed by atoms with Crippen molar-refractivity contribution in [3.8, 4) is 5.75 Å². The molecule has 0 bridgehead atoms. The fourth-order valence-electron chi connectivity index (χ4n) is 2.06. The molecule has 0 radical (unpaired) electrons. The molecule has 0 fully saturated rings. The Labute approximate surface area is 148 Å². The maximum atomic E-state index is 14.3. The van der Waals surface area contributed by atoms with Gasteiger partial charge in [0.25, 0.3) is 0 Å². The molecule has 0 saturated heterocycles. The smallest absolute Gasteiger partial charge is 0.416 e. The van der Waals surface area contributed by atoms with E-state index in [0.717, 1.165) is 0 Å². The summed E-state index contributed by atoms with van der Waals surface area (Å²) in [5.74, 6) is -2.09. The Morgan fingerprint density at radius 2 is 1.88 bits per heavy atom. The van der Waals surface area contributed by atoms with Crippen LogP contribution in [0.5, 0.6) is 5.75 Å². The van der Waals surface area contributed by atoms with Gasteiger partial charge in [0.1, 0.15) is 17.4 Å². The highest BCUT2D eigenvalue weighted by Crippen LogP contribution is 2.34. The molecule has 2 rings (SSSR count). The van der Waals surface area contributed by atoms with E-state index >= 15 is 0 Å². The quantitative estimate of drug-likeness (QED) is 0.693. The molecule has 1 heterocycles. The fraction of sp³-hybridized carbons (Fsp3) is 0.294. The summed E-state index contributed by atoms with van der Waals surface area (Å²) < 4.78 is 52.4. The molecule has 0 amide bonds. The molecule has 0 atom stereocenters. The van der Waals surface area contributed by atoms with Gasteiger partial charge in [-0.1, -0.05) is 13.8 Å². The van der Waals surface area contributed by atoms with Gasteiger partial charge < -0.3 is 16.6 Å². The first-order valence-electron chi connectivity index (χ1n) is 7.72. The van der Waals surface area contributed by atoms with Crippen LogP contribution in [0.4, 0.5) is 17.6 Å².